The number of aromatic nitrogens is 1. The average Bonchev–Trinajstić information content (AvgIpc) is 2.95. The zero-order valence-corrected chi connectivity index (χ0v) is 12.6. The third kappa shape index (κ3) is 1.73. The molecule has 0 aliphatic carbocycles. The second-order valence-corrected chi connectivity index (χ2v) is 5.60. The van der Waals surface area contributed by atoms with E-state index in [1.54, 1.807) is 18.2 Å². The van der Waals surface area contributed by atoms with Gasteiger partial charge in [0.15, 0.2) is 11.5 Å². The Balaban J connectivity index is 2.36. The van der Waals surface area contributed by atoms with E-state index in [-0.39, 0.29) is 28.1 Å². The summed E-state index contributed by atoms with van der Waals surface area (Å²) in [6.45, 7) is 1.41. The normalized spacial score (nSPS) is 11.6. The molecule has 0 unspecified atom stereocenters. The van der Waals surface area contributed by atoms with Gasteiger partial charge in [-0.05, 0) is 18.2 Å². The van der Waals surface area contributed by atoms with Crippen LogP contribution in [0.5, 0.6) is 5.75 Å². The molecule has 114 valence electrons. The van der Waals surface area contributed by atoms with E-state index >= 15 is 0 Å². The molecule has 23 heavy (non-hydrogen) atoms. The van der Waals surface area contributed by atoms with E-state index in [1.807, 2.05) is 23.7 Å². The minimum absolute atomic E-state index is 0.150. The number of carbonyl (C=O) groups excluding carboxylic acids is 1. The summed E-state index contributed by atoms with van der Waals surface area (Å²) in [5, 5.41) is 11.7. The molecule has 0 fully saturated rings. The molecule has 0 aliphatic heterocycles. The van der Waals surface area contributed by atoms with E-state index in [1.165, 1.54) is 13.0 Å². The maximum Gasteiger partial charge on any atom is 0.200 e. The maximum atomic E-state index is 12.8. The first kappa shape index (κ1) is 13.6. The van der Waals surface area contributed by atoms with Crippen molar-refractivity contribution in [3.63, 3.8) is 0 Å². The number of phenolic OH excluding ortho intramolecular Hbond substituents is 1. The minimum Gasteiger partial charge on any atom is -0.507 e. The number of fused-ring (bicyclic) bond motifs is 4. The van der Waals surface area contributed by atoms with Crippen molar-refractivity contribution < 1.29 is 14.3 Å². The fourth-order valence-electron chi connectivity index (χ4n) is 3.11. The van der Waals surface area contributed by atoms with Gasteiger partial charge in [-0.25, -0.2) is 0 Å². The number of hydrogen-bond donors (Lipinski definition) is 1. The van der Waals surface area contributed by atoms with E-state index in [9.17, 15) is 14.7 Å². The summed E-state index contributed by atoms with van der Waals surface area (Å²) >= 11 is 0. The predicted molar refractivity (Wildman–Crippen MR) is 88.1 cm³/mol. The Morgan fingerprint density at radius 2 is 1.91 bits per heavy atom. The summed E-state index contributed by atoms with van der Waals surface area (Å²) in [4.78, 5) is 24.3. The van der Waals surface area contributed by atoms with Gasteiger partial charge in [0.25, 0.3) is 0 Å². The number of aromatic hydroxyl groups is 1. The minimum atomic E-state index is -0.237. The molecule has 0 saturated heterocycles. The van der Waals surface area contributed by atoms with Crippen molar-refractivity contribution in [3.8, 4) is 5.75 Å². The number of ketones is 1. The second-order valence-electron chi connectivity index (χ2n) is 5.60. The third-order valence-corrected chi connectivity index (χ3v) is 4.20. The molecule has 0 amide bonds. The smallest absolute Gasteiger partial charge is 0.200 e. The molecule has 5 heteroatoms. The molecule has 0 spiro atoms. The van der Waals surface area contributed by atoms with Crippen molar-refractivity contribution in [1.29, 1.82) is 0 Å². The Morgan fingerprint density at radius 1 is 1.17 bits per heavy atom. The van der Waals surface area contributed by atoms with Crippen molar-refractivity contribution in [1.82, 2.24) is 4.57 Å². The average molecular weight is 307 g/mol. The summed E-state index contributed by atoms with van der Waals surface area (Å²) in [7, 11) is 1.82. The summed E-state index contributed by atoms with van der Waals surface area (Å²) in [5.41, 5.74) is 1.45. The summed E-state index contributed by atoms with van der Waals surface area (Å²) in [5.74, 6) is -0.157. The van der Waals surface area contributed by atoms with E-state index < -0.39 is 0 Å². The molecule has 0 aliphatic rings. The molecule has 4 rings (SSSR count). The maximum absolute atomic E-state index is 12.8. The molecule has 0 saturated carbocycles. The van der Waals surface area contributed by atoms with Crippen LogP contribution in [0.15, 0.2) is 45.6 Å². The lowest BCUT2D eigenvalue weighted by molar-refractivity contribution is 0.0989. The molecule has 2 heterocycles. The predicted octanol–water partition coefficient (Wildman–Crippen LogP) is 3.35. The summed E-state index contributed by atoms with van der Waals surface area (Å²) in [6, 6.07) is 10.2. The zero-order chi connectivity index (χ0) is 16.3. The summed E-state index contributed by atoms with van der Waals surface area (Å²) < 4.78 is 7.34. The van der Waals surface area contributed by atoms with Crippen LogP contribution in [-0.2, 0) is 7.05 Å². The van der Waals surface area contributed by atoms with Gasteiger partial charge in [-0.1, -0.05) is 12.1 Å². The molecule has 0 radical (unpaired) electrons. The number of phenols is 1. The number of aryl methyl sites for hydroxylation is 1. The molecule has 0 atom stereocenters. The van der Waals surface area contributed by atoms with E-state index in [0.29, 0.717) is 21.9 Å². The number of furan rings is 1. The molecule has 4 aromatic rings. The number of para-hydroxylation sites is 1. The van der Waals surface area contributed by atoms with Gasteiger partial charge >= 0.3 is 0 Å². The molecule has 1 N–H and O–H groups in total. The second kappa shape index (κ2) is 4.46. The van der Waals surface area contributed by atoms with Crippen LogP contribution in [0.3, 0.4) is 0 Å². The highest BCUT2D eigenvalue weighted by Gasteiger charge is 2.19. The lowest BCUT2D eigenvalue weighted by Crippen LogP contribution is -2.09. The number of carbonyl (C=O) groups is 1. The zero-order valence-electron chi connectivity index (χ0n) is 12.6. The van der Waals surface area contributed by atoms with E-state index in [2.05, 4.69) is 0 Å². The van der Waals surface area contributed by atoms with Crippen LogP contribution < -0.4 is 5.43 Å². The van der Waals surface area contributed by atoms with Crippen molar-refractivity contribution >= 4 is 38.6 Å². The largest absolute Gasteiger partial charge is 0.507 e. The molecule has 5 nitrogen and oxygen atoms in total. The number of Topliss-reactive ketones (excluding diaryl/α,β-unsaturated/α-hetero) is 1. The first-order valence-corrected chi connectivity index (χ1v) is 7.17. The third-order valence-electron chi connectivity index (χ3n) is 4.20. The van der Waals surface area contributed by atoms with Gasteiger partial charge in [-0.2, -0.15) is 0 Å². The van der Waals surface area contributed by atoms with Gasteiger partial charge in [0.1, 0.15) is 11.3 Å². The lowest BCUT2D eigenvalue weighted by Gasteiger charge is -2.11. The van der Waals surface area contributed by atoms with Crippen molar-refractivity contribution in [2.45, 2.75) is 6.92 Å². The van der Waals surface area contributed by atoms with Crippen molar-refractivity contribution in [3.05, 3.63) is 52.4 Å². The van der Waals surface area contributed by atoms with Crippen LogP contribution in [0.4, 0.5) is 0 Å². The highest BCUT2D eigenvalue weighted by Crippen LogP contribution is 2.34. The van der Waals surface area contributed by atoms with Crippen LogP contribution in [0.1, 0.15) is 17.5 Å². The molecule has 2 aromatic carbocycles. The molecule has 2 aromatic heterocycles. The van der Waals surface area contributed by atoms with Crippen LogP contribution in [0.25, 0.3) is 32.8 Å². The van der Waals surface area contributed by atoms with E-state index in [0.717, 1.165) is 5.52 Å². The van der Waals surface area contributed by atoms with Gasteiger partial charge in [0, 0.05) is 30.8 Å². The van der Waals surface area contributed by atoms with Crippen LogP contribution >= 0.6 is 0 Å². The topological polar surface area (TPSA) is 72.4 Å². The number of rotatable bonds is 1. The number of nitrogens with zero attached hydrogens (tertiary/aromatic N) is 1. The van der Waals surface area contributed by atoms with Gasteiger partial charge in [-0.15, -0.1) is 0 Å². The molecule has 0 bridgehead atoms. The highest BCUT2D eigenvalue weighted by molar-refractivity contribution is 6.12. The highest BCUT2D eigenvalue weighted by atomic mass is 16.3. The fourth-order valence-corrected chi connectivity index (χ4v) is 3.11. The number of hydrogen-bond acceptors (Lipinski definition) is 4. The van der Waals surface area contributed by atoms with Crippen molar-refractivity contribution in [2.24, 2.45) is 7.05 Å². The quantitative estimate of drug-likeness (QED) is 0.432. The first-order chi connectivity index (χ1) is 11.0. The Labute approximate surface area is 130 Å². The van der Waals surface area contributed by atoms with Crippen LogP contribution in [0, 0.1) is 0 Å². The molecular formula is C18H13NO4. The van der Waals surface area contributed by atoms with Gasteiger partial charge in [0.05, 0.1) is 16.4 Å². The Morgan fingerprint density at radius 3 is 2.65 bits per heavy atom. The standard InChI is InChI=1S/C18H13NO4/c1-9(20)14-7-11-15(23-14)8-13(21)16-17(11)19(2)12-6-4-3-5-10(12)18(16)22/h3-8,21H,1-2H3. The number of pyridine rings is 1. The van der Waals surface area contributed by atoms with Crippen molar-refractivity contribution in [2.75, 3.05) is 0 Å². The fraction of sp³-hybridized carbons (Fsp3) is 0.111. The Kier molecular flexibility index (Phi) is 2.63. The van der Waals surface area contributed by atoms with Crippen LogP contribution in [0.2, 0.25) is 0 Å². The Bertz CT molecular complexity index is 1180. The van der Waals surface area contributed by atoms with E-state index in [4.69, 9.17) is 4.42 Å². The first-order valence-electron chi connectivity index (χ1n) is 7.17. The van der Waals surface area contributed by atoms with Crippen LogP contribution in [-0.4, -0.2) is 15.5 Å². The van der Waals surface area contributed by atoms with Gasteiger partial charge in [0.2, 0.25) is 5.43 Å². The summed E-state index contributed by atoms with van der Waals surface area (Å²) in [6.07, 6.45) is 0. The monoisotopic (exact) mass is 307 g/mol. The van der Waals surface area contributed by atoms with Gasteiger partial charge in [-0.3, -0.25) is 9.59 Å². The molecular weight excluding hydrogens is 294 g/mol. The lowest BCUT2D eigenvalue weighted by atomic mass is 10.1. The number of benzene rings is 2. The SMILES string of the molecule is CC(=O)c1cc2c(cc(O)c3c(=O)c4ccccc4n(C)c32)o1. The van der Waals surface area contributed by atoms with Gasteiger partial charge < -0.3 is 14.1 Å². The Hall–Kier alpha value is -3.08.